The minimum absolute atomic E-state index is 0.280. The Morgan fingerprint density at radius 3 is 2.37 bits per heavy atom. The maximum atomic E-state index is 12.9. The molecule has 1 fully saturated rings. The zero-order chi connectivity index (χ0) is 19.9. The average molecular weight is 405 g/mol. The summed E-state index contributed by atoms with van der Waals surface area (Å²) >= 11 is 12.0. The van der Waals surface area contributed by atoms with Gasteiger partial charge in [0.25, 0.3) is 5.91 Å². The Bertz CT molecular complexity index is 974. The molecule has 2 aromatic carbocycles. The smallest absolute Gasteiger partial charge is 0.319 e. The molecular weight excluding hydrogens is 387 g/mol. The van der Waals surface area contributed by atoms with Crippen molar-refractivity contribution in [1.29, 1.82) is 0 Å². The van der Waals surface area contributed by atoms with E-state index in [0.29, 0.717) is 16.1 Å². The fourth-order valence-corrected chi connectivity index (χ4v) is 3.29. The molecule has 0 radical (unpaired) electrons. The van der Waals surface area contributed by atoms with Crippen molar-refractivity contribution >= 4 is 40.9 Å². The maximum Gasteiger partial charge on any atom is 0.325 e. The number of halogens is 2. The molecule has 1 aliphatic heterocycles. The molecule has 5 nitrogen and oxygen atoms in total. The molecule has 0 saturated carbocycles. The van der Waals surface area contributed by atoms with E-state index >= 15 is 0 Å². The normalized spacial score (nSPS) is 19.4. The van der Waals surface area contributed by atoms with Gasteiger partial charge in [0.2, 0.25) is 0 Å². The van der Waals surface area contributed by atoms with Gasteiger partial charge in [-0.3, -0.25) is 14.5 Å². The van der Waals surface area contributed by atoms with Crippen molar-refractivity contribution < 1.29 is 14.4 Å². The summed E-state index contributed by atoms with van der Waals surface area (Å²) < 4.78 is 0. The summed E-state index contributed by atoms with van der Waals surface area (Å²) in [7, 11) is 0. The summed E-state index contributed by atoms with van der Waals surface area (Å²) in [4.78, 5) is 38.9. The van der Waals surface area contributed by atoms with Crippen LogP contribution < -0.4 is 5.32 Å². The molecule has 0 aromatic heterocycles. The summed E-state index contributed by atoms with van der Waals surface area (Å²) in [5, 5.41) is 3.28. The minimum atomic E-state index is -1.31. The third-order valence-corrected chi connectivity index (χ3v) is 5.64. The van der Waals surface area contributed by atoms with E-state index in [1.807, 2.05) is 19.9 Å². The summed E-state index contributed by atoms with van der Waals surface area (Å²) in [5.74, 6) is -0.817. The Labute approximate surface area is 167 Å². The fourth-order valence-electron chi connectivity index (χ4n) is 2.99. The van der Waals surface area contributed by atoms with Crippen LogP contribution >= 0.6 is 23.2 Å². The second-order valence-electron chi connectivity index (χ2n) is 6.80. The van der Waals surface area contributed by atoms with Crippen molar-refractivity contribution in [2.24, 2.45) is 0 Å². The highest BCUT2D eigenvalue weighted by Crippen LogP contribution is 2.33. The monoisotopic (exact) mass is 404 g/mol. The largest absolute Gasteiger partial charge is 0.325 e. The molecule has 140 valence electrons. The number of ketones is 1. The molecule has 1 N–H and O–H groups in total. The molecule has 1 unspecified atom stereocenters. The average Bonchev–Trinajstić information content (AvgIpc) is 2.83. The van der Waals surface area contributed by atoms with Crippen LogP contribution in [0.15, 0.2) is 36.4 Å². The number of aryl methyl sites for hydroxylation is 2. The van der Waals surface area contributed by atoms with Crippen LogP contribution in [-0.2, 0) is 10.3 Å². The Kier molecular flexibility index (Phi) is 5.02. The third-order valence-electron chi connectivity index (χ3n) is 4.90. The second kappa shape index (κ2) is 6.98. The number of urea groups is 1. The van der Waals surface area contributed by atoms with E-state index in [1.165, 1.54) is 6.07 Å². The number of imide groups is 1. The van der Waals surface area contributed by atoms with Crippen LogP contribution in [0.5, 0.6) is 0 Å². The van der Waals surface area contributed by atoms with Gasteiger partial charge in [0, 0.05) is 5.56 Å². The lowest BCUT2D eigenvalue weighted by Gasteiger charge is -2.22. The van der Waals surface area contributed by atoms with Crippen molar-refractivity contribution in [3.8, 4) is 0 Å². The van der Waals surface area contributed by atoms with Crippen LogP contribution in [-0.4, -0.2) is 29.2 Å². The number of benzene rings is 2. The van der Waals surface area contributed by atoms with E-state index in [9.17, 15) is 14.4 Å². The van der Waals surface area contributed by atoms with Gasteiger partial charge in [0.1, 0.15) is 5.54 Å². The molecule has 2 aromatic rings. The second-order valence-corrected chi connectivity index (χ2v) is 7.61. The van der Waals surface area contributed by atoms with Gasteiger partial charge in [-0.05, 0) is 55.7 Å². The number of hydrogen-bond donors (Lipinski definition) is 1. The van der Waals surface area contributed by atoms with E-state index < -0.39 is 17.5 Å². The summed E-state index contributed by atoms with van der Waals surface area (Å²) in [6.07, 6.45) is 0. The van der Waals surface area contributed by atoms with Gasteiger partial charge in [0.15, 0.2) is 5.78 Å². The first kappa shape index (κ1) is 19.4. The van der Waals surface area contributed by atoms with Gasteiger partial charge in [-0.2, -0.15) is 0 Å². The zero-order valence-electron chi connectivity index (χ0n) is 15.1. The lowest BCUT2D eigenvalue weighted by atomic mass is 9.92. The summed E-state index contributed by atoms with van der Waals surface area (Å²) in [6, 6.07) is 9.40. The molecule has 1 aliphatic rings. The molecule has 3 rings (SSSR count). The lowest BCUT2D eigenvalue weighted by Crippen LogP contribution is -2.41. The molecule has 0 spiro atoms. The highest BCUT2D eigenvalue weighted by molar-refractivity contribution is 6.42. The van der Waals surface area contributed by atoms with Gasteiger partial charge < -0.3 is 5.32 Å². The topological polar surface area (TPSA) is 66.5 Å². The Balaban J connectivity index is 1.86. The van der Waals surface area contributed by atoms with Crippen molar-refractivity contribution in [2.45, 2.75) is 26.3 Å². The molecule has 27 heavy (non-hydrogen) atoms. The lowest BCUT2D eigenvalue weighted by molar-refractivity contribution is -0.130. The predicted molar refractivity (Wildman–Crippen MR) is 104 cm³/mol. The molecule has 0 aliphatic carbocycles. The highest BCUT2D eigenvalue weighted by atomic mass is 35.5. The highest BCUT2D eigenvalue weighted by Gasteiger charge is 2.49. The van der Waals surface area contributed by atoms with Crippen molar-refractivity contribution in [3.05, 3.63) is 68.7 Å². The van der Waals surface area contributed by atoms with E-state index in [0.717, 1.165) is 16.0 Å². The van der Waals surface area contributed by atoms with Crippen molar-refractivity contribution in [3.63, 3.8) is 0 Å². The summed E-state index contributed by atoms with van der Waals surface area (Å²) in [5.41, 5.74) is 1.68. The number of rotatable bonds is 4. The standard InChI is InChI=1S/C20H18Cl2N2O3/c1-11-4-5-13(8-12(11)2)17(25)10-24-18(26)20(3,23-19(24)27)14-6-7-15(21)16(22)9-14/h4-9H,10H2,1-3H3,(H,23,27). The van der Waals surface area contributed by atoms with Crippen molar-refractivity contribution in [2.75, 3.05) is 6.54 Å². The Hall–Kier alpha value is -2.37. The van der Waals surface area contributed by atoms with Crippen LogP contribution in [0.4, 0.5) is 4.79 Å². The van der Waals surface area contributed by atoms with E-state index in [1.54, 1.807) is 31.2 Å². The van der Waals surface area contributed by atoms with Crippen LogP contribution in [0.1, 0.15) is 34.0 Å². The molecule has 7 heteroatoms. The first-order valence-electron chi connectivity index (χ1n) is 8.33. The van der Waals surface area contributed by atoms with Crippen LogP contribution in [0.3, 0.4) is 0 Å². The summed E-state index contributed by atoms with van der Waals surface area (Å²) in [6.45, 7) is 5.10. The van der Waals surface area contributed by atoms with Crippen LogP contribution in [0.25, 0.3) is 0 Å². The molecule has 3 amide bonds. The molecule has 1 atom stereocenters. The predicted octanol–water partition coefficient (Wildman–Crippen LogP) is 4.26. The number of amides is 3. The van der Waals surface area contributed by atoms with Gasteiger partial charge in [0.05, 0.1) is 16.6 Å². The molecular formula is C20H18Cl2N2O3. The van der Waals surface area contributed by atoms with E-state index in [4.69, 9.17) is 23.2 Å². The number of carbonyl (C=O) groups excluding carboxylic acids is 3. The van der Waals surface area contributed by atoms with Gasteiger partial charge >= 0.3 is 6.03 Å². The van der Waals surface area contributed by atoms with E-state index in [2.05, 4.69) is 5.32 Å². The van der Waals surface area contributed by atoms with Crippen molar-refractivity contribution in [1.82, 2.24) is 10.2 Å². The third kappa shape index (κ3) is 3.45. The number of Topliss-reactive ketones (excluding diaryl/α,β-unsaturated/α-hetero) is 1. The first-order chi connectivity index (χ1) is 12.6. The molecule has 1 saturated heterocycles. The van der Waals surface area contributed by atoms with E-state index in [-0.39, 0.29) is 17.4 Å². The minimum Gasteiger partial charge on any atom is -0.319 e. The number of nitrogens with zero attached hydrogens (tertiary/aromatic N) is 1. The SMILES string of the molecule is Cc1ccc(C(=O)CN2C(=O)NC(C)(c3ccc(Cl)c(Cl)c3)C2=O)cc1C. The fraction of sp³-hybridized carbons (Fsp3) is 0.250. The van der Waals surface area contributed by atoms with Crippen LogP contribution in [0.2, 0.25) is 10.0 Å². The van der Waals surface area contributed by atoms with Gasteiger partial charge in [-0.25, -0.2) is 4.79 Å². The molecule has 1 heterocycles. The Morgan fingerprint density at radius 1 is 1.04 bits per heavy atom. The van der Waals surface area contributed by atoms with Crippen LogP contribution in [0, 0.1) is 13.8 Å². The molecule has 0 bridgehead atoms. The zero-order valence-corrected chi connectivity index (χ0v) is 16.6. The van der Waals surface area contributed by atoms with Gasteiger partial charge in [-0.1, -0.05) is 41.4 Å². The quantitative estimate of drug-likeness (QED) is 0.611. The number of carbonyl (C=O) groups is 3. The van der Waals surface area contributed by atoms with Gasteiger partial charge in [-0.15, -0.1) is 0 Å². The number of nitrogens with one attached hydrogen (secondary N) is 1. The number of hydrogen-bond acceptors (Lipinski definition) is 3. The first-order valence-corrected chi connectivity index (χ1v) is 9.09. The maximum absolute atomic E-state index is 12.9. The Morgan fingerprint density at radius 2 is 1.74 bits per heavy atom.